The summed E-state index contributed by atoms with van der Waals surface area (Å²) in [5.74, 6) is -0.172. The van der Waals surface area contributed by atoms with Gasteiger partial charge in [-0.2, -0.15) is 5.10 Å². The van der Waals surface area contributed by atoms with E-state index in [0.29, 0.717) is 23.5 Å². The molecule has 0 bridgehead atoms. The van der Waals surface area contributed by atoms with Gasteiger partial charge >= 0.3 is 0 Å². The minimum Gasteiger partial charge on any atom is -0.349 e. The van der Waals surface area contributed by atoms with Gasteiger partial charge in [0, 0.05) is 29.6 Å². The molecule has 0 saturated heterocycles. The molecule has 1 aromatic heterocycles. The lowest BCUT2D eigenvalue weighted by molar-refractivity contribution is -0.133. The number of benzene rings is 2. The van der Waals surface area contributed by atoms with Gasteiger partial charge in [-0.1, -0.05) is 30.3 Å². The molecule has 0 spiro atoms. The van der Waals surface area contributed by atoms with Gasteiger partial charge in [0.2, 0.25) is 5.91 Å². The second-order valence-corrected chi connectivity index (χ2v) is 8.39. The van der Waals surface area contributed by atoms with E-state index in [4.69, 9.17) is 0 Å². The Hall–Kier alpha value is -3.48. The minimum atomic E-state index is -0.256. The summed E-state index contributed by atoms with van der Waals surface area (Å²) in [5.41, 5.74) is 1.34. The normalized spacial score (nSPS) is 15.6. The van der Waals surface area contributed by atoms with Gasteiger partial charge in [-0.25, -0.2) is 4.68 Å². The van der Waals surface area contributed by atoms with Crippen LogP contribution < -0.4 is 10.9 Å². The molecule has 1 N–H and O–H groups in total. The molecule has 5 rings (SSSR count). The summed E-state index contributed by atoms with van der Waals surface area (Å²) in [7, 11) is 0. The molecule has 2 aromatic carbocycles. The van der Waals surface area contributed by atoms with Gasteiger partial charge in [0.15, 0.2) is 0 Å². The van der Waals surface area contributed by atoms with Crippen LogP contribution in [0.3, 0.4) is 0 Å². The Morgan fingerprint density at radius 2 is 1.77 bits per heavy atom. The predicted molar refractivity (Wildman–Crippen MR) is 117 cm³/mol. The standard InChI is InChI=1S/C24H24N4O3/c29-22(15-28-24(31)21-4-2-1-3-18(21)13-25-28)27(20-11-12-20)14-16-5-7-17(8-6-16)23(30)26-19-9-10-19/h1-8,13,19-20H,9-12,14-15H2,(H,26,30). The smallest absolute Gasteiger partial charge is 0.275 e. The highest BCUT2D eigenvalue weighted by molar-refractivity contribution is 5.94. The number of aromatic nitrogens is 2. The third-order valence-electron chi connectivity index (χ3n) is 5.84. The van der Waals surface area contributed by atoms with Crippen molar-refractivity contribution >= 4 is 22.6 Å². The zero-order chi connectivity index (χ0) is 21.4. The van der Waals surface area contributed by atoms with Crippen molar-refractivity contribution in [1.82, 2.24) is 20.0 Å². The fourth-order valence-electron chi connectivity index (χ4n) is 3.72. The van der Waals surface area contributed by atoms with Crippen LogP contribution in [0.2, 0.25) is 0 Å². The van der Waals surface area contributed by atoms with E-state index in [-0.39, 0.29) is 30.0 Å². The van der Waals surface area contributed by atoms with Crippen molar-refractivity contribution in [3.05, 3.63) is 76.2 Å². The molecule has 7 heteroatoms. The monoisotopic (exact) mass is 416 g/mol. The SMILES string of the molecule is O=C(NC1CC1)c1ccc(CN(C(=O)Cn2ncc3ccccc3c2=O)C2CC2)cc1. The summed E-state index contributed by atoms with van der Waals surface area (Å²) in [5, 5.41) is 8.49. The Morgan fingerprint density at radius 1 is 1.03 bits per heavy atom. The molecule has 1 heterocycles. The first-order valence-electron chi connectivity index (χ1n) is 10.7. The molecule has 2 fully saturated rings. The first-order valence-corrected chi connectivity index (χ1v) is 10.7. The van der Waals surface area contributed by atoms with E-state index in [9.17, 15) is 14.4 Å². The number of carbonyl (C=O) groups is 2. The summed E-state index contributed by atoms with van der Waals surface area (Å²) in [6.45, 7) is 0.373. The van der Waals surface area contributed by atoms with Gasteiger partial charge in [0.05, 0.1) is 11.6 Å². The maximum Gasteiger partial charge on any atom is 0.275 e. The molecule has 0 aliphatic heterocycles. The molecular formula is C24H24N4O3. The van der Waals surface area contributed by atoms with E-state index in [2.05, 4.69) is 10.4 Å². The molecule has 0 radical (unpaired) electrons. The topological polar surface area (TPSA) is 84.3 Å². The van der Waals surface area contributed by atoms with Gasteiger partial charge in [-0.15, -0.1) is 0 Å². The van der Waals surface area contributed by atoms with Crippen LogP contribution in [0.1, 0.15) is 41.6 Å². The lowest BCUT2D eigenvalue weighted by Crippen LogP contribution is -2.38. The zero-order valence-electron chi connectivity index (χ0n) is 17.2. The molecule has 2 aliphatic rings. The van der Waals surface area contributed by atoms with E-state index in [0.717, 1.165) is 36.6 Å². The van der Waals surface area contributed by atoms with Crippen LogP contribution in [0.4, 0.5) is 0 Å². The molecule has 31 heavy (non-hydrogen) atoms. The number of amides is 2. The molecular weight excluding hydrogens is 392 g/mol. The first-order chi connectivity index (χ1) is 15.1. The molecule has 2 aliphatic carbocycles. The molecule has 2 amide bonds. The van der Waals surface area contributed by atoms with Crippen molar-refractivity contribution in [2.24, 2.45) is 0 Å². The molecule has 0 unspecified atom stereocenters. The van der Waals surface area contributed by atoms with E-state index < -0.39 is 0 Å². The molecule has 2 saturated carbocycles. The van der Waals surface area contributed by atoms with Gasteiger partial charge in [-0.05, 0) is 49.4 Å². The van der Waals surface area contributed by atoms with Crippen LogP contribution in [0.25, 0.3) is 10.8 Å². The summed E-state index contributed by atoms with van der Waals surface area (Å²) in [6, 6.07) is 15.2. The highest BCUT2D eigenvalue weighted by Crippen LogP contribution is 2.29. The van der Waals surface area contributed by atoms with Crippen LogP contribution in [-0.4, -0.2) is 38.6 Å². The summed E-state index contributed by atoms with van der Waals surface area (Å²) < 4.78 is 1.24. The Balaban J connectivity index is 1.29. The molecule has 158 valence electrons. The van der Waals surface area contributed by atoms with Crippen LogP contribution in [0.5, 0.6) is 0 Å². The lowest BCUT2D eigenvalue weighted by Gasteiger charge is -2.23. The number of nitrogens with zero attached hydrogens (tertiary/aromatic N) is 3. The van der Waals surface area contributed by atoms with Crippen LogP contribution in [-0.2, 0) is 17.9 Å². The van der Waals surface area contributed by atoms with Crippen LogP contribution >= 0.6 is 0 Å². The number of nitrogens with one attached hydrogen (secondary N) is 1. The number of carbonyl (C=O) groups excluding carboxylic acids is 2. The van der Waals surface area contributed by atoms with Crippen LogP contribution in [0.15, 0.2) is 59.5 Å². The lowest BCUT2D eigenvalue weighted by atomic mass is 10.1. The molecule has 7 nitrogen and oxygen atoms in total. The van der Waals surface area contributed by atoms with Crippen molar-refractivity contribution < 1.29 is 9.59 Å². The first kappa shape index (κ1) is 19.5. The maximum absolute atomic E-state index is 13.1. The van der Waals surface area contributed by atoms with Crippen molar-refractivity contribution in [3.8, 4) is 0 Å². The fourth-order valence-corrected chi connectivity index (χ4v) is 3.72. The van der Waals surface area contributed by atoms with E-state index in [1.165, 1.54) is 4.68 Å². The fraction of sp³-hybridized carbons (Fsp3) is 0.333. The van der Waals surface area contributed by atoms with E-state index in [1.54, 1.807) is 30.5 Å². The Bertz CT molecular complexity index is 1190. The predicted octanol–water partition coefficient (Wildman–Crippen LogP) is 2.48. The number of rotatable bonds is 7. The maximum atomic E-state index is 13.1. The van der Waals surface area contributed by atoms with Gasteiger partial charge in [0.25, 0.3) is 11.5 Å². The van der Waals surface area contributed by atoms with Gasteiger partial charge in [0.1, 0.15) is 6.54 Å². The highest BCUT2D eigenvalue weighted by atomic mass is 16.2. The van der Waals surface area contributed by atoms with E-state index in [1.807, 2.05) is 29.2 Å². The van der Waals surface area contributed by atoms with Crippen molar-refractivity contribution in [1.29, 1.82) is 0 Å². The number of hydrogen-bond donors (Lipinski definition) is 1. The van der Waals surface area contributed by atoms with Gasteiger partial charge < -0.3 is 10.2 Å². The summed E-state index contributed by atoms with van der Waals surface area (Å²) >= 11 is 0. The average Bonchev–Trinajstić information content (AvgIpc) is 3.70. The van der Waals surface area contributed by atoms with Crippen molar-refractivity contribution in [3.63, 3.8) is 0 Å². The van der Waals surface area contributed by atoms with E-state index >= 15 is 0 Å². The number of fused-ring (bicyclic) bond motifs is 1. The molecule has 0 atom stereocenters. The highest BCUT2D eigenvalue weighted by Gasteiger charge is 2.33. The Labute approximate surface area is 179 Å². The largest absolute Gasteiger partial charge is 0.349 e. The Morgan fingerprint density at radius 3 is 2.48 bits per heavy atom. The second-order valence-electron chi connectivity index (χ2n) is 8.39. The van der Waals surface area contributed by atoms with Gasteiger partial charge in [-0.3, -0.25) is 14.4 Å². The zero-order valence-corrected chi connectivity index (χ0v) is 17.2. The second kappa shape index (κ2) is 7.98. The Kier molecular flexibility index (Phi) is 5.02. The minimum absolute atomic E-state index is 0.0501. The van der Waals surface area contributed by atoms with Crippen molar-refractivity contribution in [2.45, 2.75) is 50.9 Å². The molecule has 3 aromatic rings. The third-order valence-corrected chi connectivity index (χ3v) is 5.84. The quantitative estimate of drug-likeness (QED) is 0.641. The van der Waals surface area contributed by atoms with Crippen molar-refractivity contribution in [2.75, 3.05) is 0 Å². The number of hydrogen-bond acceptors (Lipinski definition) is 4. The van der Waals surface area contributed by atoms with Crippen LogP contribution in [0, 0.1) is 0 Å². The summed E-state index contributed by atoms with van der Waals surface area (Å²) in [6.07, 6.45) is 5.66. The average molecular weight is 416 g/mol. The third kappa shape index (κ3) is 4.35. The summed E-state index contributed by atoms with van der Waals surface area (Å²) in [4.78, 5) is 39.7.